The van der Waals surface area contributed by atoms with E-state index in [1.165, 1.54) is 18.5 Å². The molecule has 40 heavy (non-hydrogen) atoms. The summed E-state index contributed by atoms with van der Waals surface area (Å²) in [4.78, 5) is 29.5. The van der Waals surface area contributed by atoms with E-state index in [9.17, 15) is 18.0 Å². The number of alkyl halides is 3. The van der Waals surface area contributed by atoms with E-state index in [0.29, 0.717) is 35.5 Å². The number of anilines is 4. The molecule has 2 aromatic carbocycles. The molecule has 3 heterocycles. The van der Waals surface area contributed by atoms with Gasteiger partial charge in [0.15, 0.2) is 5.82 Å². The third-order valence-electron chi connectivity index (χ3n) is 5.81. The van der Waals surface area contributed by atoms with Crippen molar-refractivity contribution in [3.63, 3.8) is 0 Å². The van der Waals surface area contributed by atoms with Gasteiger partial charge in [-0.05, 0) is 54.4 Å². The summed E-state index contributed by atoms with van der Waals surface area (Å²) in [6, 6.07) is 14.8. The van der Waals surface area contributed by atoms with E-state index in [1.807, 2.05) is 19.1 Å². The van der Waals surface area contributed by atoms with Gasteiger partial charge in [0, 0.05) is 48.1 Å². The van der Waals surface area contributed by atoms with Crippen LogP contribution in [0.4, 0.5) is 36.3 Å². The molecule has 1 amide bonds. The van der Waals surface area contributed by atoms with E-state index in [2.05, 4.69) is 48.3 Å². The summed E-state index contributed by atoms with van der Waals surface area (Å²) in [5.41, 5.74) is 1.79. The Hall–Kier alpha value is -5.44. The molecule has 0 aliphatic heterocycles. The minimum Gasteiger partial charge on any atom is -0.366 e. The van der Waals surface area contributed by atoms with Gasteiger partial charge in [0.1, 0.15) is 12.1 Å². The number of rotatable bonds is 8. The smallest absolute Gasteiger partial charge is 0.366 e. The van der Waals surface area contributed by atoms with Crippen molar-refractivity contribution in [3.05, 3.63) is 114 Å². The number of benzene rings is 2. The Labute approximate surface area is 227 Å². The van der Waals surface area contributed by atoms with Crippen molar-refractivity contribution in [2.24, 2.45) is 0 Å². The van der Waals surface area contributed by atoms with Crippen LogP contribution in [0.2, 0.25) is 0 Å². The predicted octanol–water partition coefficient (Wildman–Crippen LogP) is 5.59. The maximum Gasteiger partial charge on any atom is 0.416 e. The summed E-state index contributed by atoms with van der Waals surface area (Å²) in [6.07, 6.45) is 5.87. The molecule has 0 aliphatic rings. The van der Waals surface area contributed by atoms with Crippen molar-refractivity contribution in [2.75, 3.05) is 16.0 Å². The van der Waals surface area contributed by atoms with Gasteiger partial charge in [0.2, 0.25) is 5.95 Å². The largest absolute Gasteiger partial charge is 0.416 e. The van der Waals surface area contributed by atoms with E-state index in [-0.39, 0.29) is 5.56 Å². The van der Waals surface area contributed by atoms with Crippen LogP contribution < -0.4 is 16.0 Å². The van der Waals surface area contributed by atoms with Crippen LogP contribution in [0, 0.1) is 19.3 Å². The Bertz CT molecular complexity index is 1640. The molecular weight excluding hydrogens is 521 g/mol. The number of carbonyl (C=O) groups excluding carboxylic acids is 1. The molecule has 0 spiro atoms. The highest BCUT2D eigenvalue weighted by Crippen LogP contribution is 2.30. The van der Waals surface area contributed by atoms with Crippen molar-refractivity contribution in [1.82, 2.24) is 24.5 Å². The third kappa shape index (κ3) is 6.16. The molecule has 9 nitrogen and oxygen atoms in total. The van der Waals surface area contributed by atoms with E-state index in [4.69, 9.17) is 0 Å². The number of halogens is 3. The number of aromatic nitrogens is 5. The summed E-state index contributed by atoms with van der Waals surface area (Å²) < 4.78 is 40.7. The minimum atomic E-state index is -4.55. The van der Waals surface area contributed by atoms with Gasteiger partial charge in [0.25, 0.3) is 5.91 Å². The van der Waals surface area contributed by atoms with Gasteiger partial charge in [-0.25, -0.2) is 14.5 Å². The standard InChI is InChI=1S/C28H21F3N8O/c1-18-7-8-22(37-26(40)20-5-2-6-21(12-20)28(29,30)31)13-23(18)38-27-33-10-11-39(27)25-14-24(35-17-36-25)34-16-19-4-3-9-32-15-19/h2-9,12-15,17H,16H2,1H3,(H,33,38)(H,37,40)(H,34,35,36). The molecular formula is C28H21F3N8O. The van der Waals surface area contributed by atoms with Gasteiger partial charge in [-0.2, -0.15) is 18.2 Å². The second-order valence-corrected chi connectivity index (χ2v) is 8.66. The first kappa shape index (κ1) is 26.2. The first-order chi connectivity index (χ1) is 19.3. The maximum absolute atomic E-state index is 13.1. The Morgan fingerprint density at radius 3 is 2.73 bits per heavy atom. The van der Waals surface area contributed by atoms with Crippen molar-refractivity contribution < 1.29 is 18.0 Å². The Kier molecular flexibility index (Phi) is 7.28. The van der Waals surface area contributed by atoms with Gasteiger partial charge < -0.3 is 16.0 Å². The lowest BCUT2D eigenvalue weighted by molar-refractivity contribution is -0.137. The normalized spacial score (nSPS) is 11.0. The highest BCUT2D eigenvalue weighted by molar-refractivity contribution is 6.04. The lowest BCUT2D eigenvalue weighted by Gasteiger charge is -2.13. The molecule has 5 rings (SSSR count). The first-order valence-corrected chi connectivity index (χ1v) is 12.0. The fraction of sp³-hybridized carbons (Fsp3) is 0.107. The Balaban J connectivity index is 1.32. The molecule has 12 heteroatoms. The summed E-state index contributed by atoms with van der Waals surface area (Å²) >= 11 is 0. The lowest BCUT2D eigenvalue weighted by Crippen LogP contribution is -2.14. The van der Waals surface area contributed by atoms with Crippen molar-refractivity contribution >= 4 is 29.0 Å². The van der Waals surface area contributed by atoms with Gasteiger partial charge >= 0.3 is 6.18 Å². The third-order valence-corrected chi connectivity index (χ3v) is 5.81. The molecule has 5 aromatic rings. The van der Waals surface area contributed by atoms with Crippen molar-refractivity contribution in [1.29, 1.82) is 0 Å². The summed E-state index contributed by atoms with van der Waals surface area (Å²) in [5, 5.41) is 9.04. The molecule has 0 radical (unpaired) electrons. The fourth-order valence-electron chi connectivity index (χ4n) is 3.74. The average Bonchev–Trinajstić information content (AvgIpc) is 3.42. The maximum atomic E-state index is 13.1. The highest BCUT2D eigenvalue weighted by Gasteiger charge is 2.30. The van der Waals surface area contributed by atoms with Crippen LogP contribution in [0.15, 0.2) is 79.4 Å². The molecule has 0 unspecified atom stereocenters. The van der Waals surface area contributed by atoms with Gasteiger partial charge in [0.05, 0.1) is 11.8 Å². The van der Waals surface area contributed by atoms with Gasteiger partial charge in [-0.15, -0.1) is 0 Å². The van der Waals surface area contributed by atoms with Crippen molar-refractivity contribution in [3.8, 4) is 5.82 Å². The van der Waals surface area contributed by atoms with E-state index < -0.39 is 17.6 Å². The Morgan fingerprint density at radius 2 is 1.93 bits per heavy atom. The quantitative estimate of drug-likeness (QED) is 0.234. The number of hydrogen-bond acceptors (Lipinski definition) is 7. The van der Waals surface area contributed by atoms with Crippen LogP contribution in [-0.4, -0.2) is 30.4 Å². The zero-order valence-electron chi connectivity index (χ0n) is 21.0. The number of pyridine rings is 1. The van der Waals surface area contributed by atoms with E-state index in [0.717, 1.165) is 23.3 Å². The fourth-order valence-corrected chi connectivity index (χ4v) is 3.74. The second kappa shape index (κ2) is 11.1. The summed E-state index contributed by atoms with van der Waals surface area (Å²) in [5.74, 6) is 0.738. The monoisotopic (exact) mass is 542 g/mol. The van der Waals surface area contributed by atoms with E-state index in [1.54, 1.807) is 41.2 Å². The topological polar surface area (TPSA) is 110 Å². The number of amides is 1. The predicted molar refractivity (Wildman–Crippen MR) is 142 cm³/mol. The minimum absolute atomic E-state index is 0.110. The summed E-state index contributed by atoms with van der Waals surface area (Å²) in [7, 11) is 0. The molecule has 200 valence electrons. The zero-order chi connectivity index (χ0) is 28.1. The highest BCUT2D eigenvalue weighted by atomic mass is 19.4. The molecule has 0 atom stereocenters. The first-order valence-electron chi connectivity index (χ1n) is 12.0. The molecule has 0 aliphatic carbocycles. The van der Waals surface area contributed by atoms with Gasteiger partial charge in [-0.3, -0.25) is 9.78 Å². The molecule has 0 saturated heterocycles. The summed E-state index contributed by atoms with van der Waals surface area (Å²) in [6.45, 7) is 2.37. The van der Waals surface area contributed by atoms with Crippen LogP contribution in [0.3, 0.4) is 0 Å². The van der Waals surface area contributed by atoms with Crippen LogP contribution in [0.1, 0.15) is 27.0 Å². The molecule has 0 fully saturated rings. The average molecular weight is 543 g/mol. The van der Waals surface area contributed by atoms with Crippen LogP contribution in [0.5, 0.6) is 0 Å². The number of hydrogen-bond donors (Lipinski definition) is 3. The molecule has 0 bridgehead atoms. The van der Waals surface area contributed by atoms with Crippen LogP contribution in [0.25, 0.3) is 5.82 Å². The van der Waals surface area contributed by atoms with Gasteiger partial charge in [-0.1, -0.05) is 18.2 Å². The molecule has 3 N–H and O–H groups in total. The van der Waals surface area contributed by atoms with Crippen LogP contribution in [-0.2, 0) is 12.7 Å². The number of nitrogens with zero attached hydrogens (tertiary/aromatic N) is 5. The zero-order valence-corrected chi connectivity index (χ0v) is 21.0. The van der Waals surface area contributed by atoms with Crippen LogP contribution >= 0.6 is 0 Å². The molecule has 3 aromatic heterocycles. The number of carbonyl (C=O) groups is 1. The number of nitrogens with one attached hydrogen (secondary N) is 3. The second-order valence-electron chi connectivity index (χ2n) is 8.66. The molecule has 0 saturated carbocycles. The lowest BCUT2D eigenvalue weighted by atomic mass is 10.1. The SMILES string of the molecule is Cc1ccc(NC(=O)c2cccc(C(F)(F)F)c2)cc1Nc1nc#cn1-c1cc(NCc2cccnc2)ncn1. The van der Waals surface area contributed by atoms with E-state index >= 15 is 0 Å². The number of aryl methyl sites for hydroxylation is 1. The Morgan fingerprint density at radius 1 is 1.05 bits per heavy atom. The van der Waals surface area contributed by atoms with Crippen molar-refractivity contribution in [2.45, 2.75) is 19.6 Å².